The highest BCUT2D eigenvalue weighted by molar-refractivity contribution is 6.01. The molecule has 1 aromatic heterocycles. The van der Waals surface area contributed by atoms with E-state index in [-0.39, 0.29) is 37.4 Å². The van der Waals surface area contributed by atoms with E-state index < -0.39 is 0 Å². The van der Waals surface area contributed by atoms with Gasteiger partial charge in [0, 0.05) is 38.8 Å². The number of hydrogen-bond acceptors (Lipinski definition) is 7. The molecule has 0 unspecified atom stereocenters. The average molecular weight is 468 g/mol. The molecule has 0 atom stereocenters. The zero-order valence-corrected chi connectivity index (χ0v) is 19.0. The van der Waals surface area contributed by atoms with E-state index in [0.717, 1.165) is 13.0 Å². The molecule has 2 aliphatic heterocycles. The second-order valence-electron chi connectivity index (χ2n) is 8.04. The first kappa shape index (κ1) is 23.5. The predicted molar refractivity (Wildman–Crippen MR) is 125 cm³/mol. The molecule has 1 aromatic carbocycles. The molecule has 2 aromatic rings. The van der Waals surface area contributed by atoms with Gasteiger partial charge in [0.05, 0.1) is 31.0 Å². The van der Waals surface area contributed by atoms with Crippen LogP contribution in [-0.2, 0) is 14.3 Å². The number of nitrogens with one attached hydrogen (secondary N) is 2. The summed E-state index contributed by atoms with van der Waals surface area (Å²) >= 11 is 0. The summed E-state index contributed by atoms with van der Waals surface area (Å²) in [7, 11) is 0. The number of rotatable bonds is 5. The van der Waals surface area contributed by atoms with Crippen molar-refractivity contribution in [3.05, 3.63) is 48.2 Å². The van der Waals surface area contributed by atoms with Gasteiger partial charge >= 0.3 is 0 Å². The lowest BCUT2D eigenvalue weighted by molar-refractivity contribution is -0.128. The first-order chi connectivity index (χ1) is 16.6. The van der Waals surface area contributed by atoms with Crippen LogP contribution in [0.1, 0.15) is 23.2 Å². The minimum atomic E-state index is -0.332. The van der Waals surface area contributed by atoms with E-state index >= 15 is 0 Å². The highest BCUT2D eigenvalue weighted by Crippen LogP contribution is 2.28. The van der Waals surface area contributed by atoms with Crippen LogP contribution in [0.2, 0.25) is 0 Å². The van der Waals surface area contributed by atoms with E-state index in [2.05, 4.69) is 15.6 Å². The zero-order valence-electron chi connectivity index (χ0n) is 19.0. The number of para-hydroxylation sites is 2. The maximum Gasteiger partial charge on any atom is 0.258 e. The summed E-state index contributed by atoms with van der Waals surface area (Å²) in [6.45, 7) is 2.59. The number of benzene rings is 1. The Balaban J connectivity index is 1.47. The van der Waals surface area contributed by atoms with Gasteiger partial charge in [0.2, 0.25) is 11.8 Å². The van der Waals surface area contributed by atoms with E-state index in [4.69, 9.17) is 9.47 Å². The number of carbonyl (C=O) groups is 3. The summed E-state index contributed by atoms with van der Waals surface area (Å²) in [4.78, 5) is 45.3. The monoisotopic (exact) mass is 467 g/mol. The van der Waals surface area contributed by atoms with Crippen LogP contribution in [0.15, 0.2) is 42.6 Å². The molecule has 10 heteroatoms. The predicted octanol–water partition coefficient (Wildman–Crippen LogP) is 1.41. The van der Waals surface area contributed by atoms with Crippen LogP contribution in [0.4, 0.5) is 11.5 Å². The average Bonchev–Trinajstić information content (AvgIpc) is 3.25. The maximum absolute atomic E-state index is 13.4. The fourth-order valence-electron chi connectivity index (χ4n) is 3.91. The van der Waals surface area contributed by atoms with Crippen LogP contribution in [0.3, 0.4) is 0 Å². The minimum absolute atomic E-state index is 0.114. The van der Waals surface area contributed by atoms with Gasteiger partial charge in [0.1, 0.15) is 18.2 Å². The van der Waals surface area contributed by atoms with Crippen molar-refractivity contribution in [1.29, 1.82) is 0 Å². The number of ether oxygens (including phenoxy) is 2. The van der Waals surface area contributed by atoms with Crippen molar-refractivity contribution in [3.63, 3.8) is 0 Å². The lowest BCUT2D eigenvalue weighted by Crippen LogP contribution is -2.44. The van der Waals surface area contributed by atoms with Crippen LogP contribution >= 0.6 is 0 Å². The molecule has 1 fully saturated rings. The molecule has 0 saturated carbocycles. The molecule has 0 aliphatic carbocycles. The second-order valence-corrected chi connectivity index (χ2v) is 8.04. The Hall–Kier alpha value is -3.66. The molecular weight excluding hydrogens is 438 g/mol. The molecule has 3 amide bonds. The van der Waals surface area contributed by atoms with Gasteiger partial charge in [-0.05, 0) is 30.7 Å². The lowest BCUT2D eigenvalue weighted by Gasteiger charge is -2.23. The quantitative estimate of drug-likeness (QED) is 0.684. The van der Waals surface area contributed by atoms with Crippen LogP contribution in [0.5, 0.6) is 5.75 Å². The molecule has 0 radical (unpaired) electrons. The Bertz CT molecular complexity index is 1030. The molecule has 2 N–H and O–H groups in total. The third-order valence-electron chi connectivity index (χ3n) is 5.67. The van der Waals surface area contributed by atoms with Gasteiger partial charge in [0.25, 0.3) is 5.91 Å². The van der Waals surface area contributed by atoms with Gasteiger partial charge in [0.15, 0.2) is 0 Å². The molecule has 10 nitrogen and oxygen atoms in total. The van der Waals surface area contributed by atoms with Crippen LogP contribution in [0, 0.1) is 0 Å². The van der Waals surface area contributed by atoms with E-state index in [9.17, 15) is 14.4 Å². The number of likely N-dealkylation sites (tertiary alicyclic amines) is 1. The molecule has 34 heavy (non-hydrogen) atoms. The molecule has 3 heterocycles. The number of aromatic nitrogens is 1. The summed E-state index contributed by atoms with van der Waals surface area (Å²) in [6.07, 6.45) is 3.01. The highest BCUT2D eigenvalue weighted by atomic mass is 16.5. The number of anilines is 2. The van der Waals surface area contributed by atoms with Crippen molar-refractivity contribution >= 4 is 29.2 Å². The van der Waals surface area contributed by atoms with E-state index in [1.807, 2.05) is 24.3 Å². The van der Waals surface area contributed by atoms with Crippen molar-refractivity contribution in [2.45, 2.75) is 12.8 Å². The number of nitrogens with zero attached hydrogens (tertiary/aromatic N) is 3. The Morgan fingerprint density at radius 1 is 1.06 bits per heavy atom. The molecule has 1 saturated heterocycles. The largest absolute Gasteiger partial charge is 0.489 e. The van der Waals surface area contributed by atoms with E-state index in [1.165, 1.54) is 4.90 Å². The summed E-state index contributed by atoms with van der Waals surface area (Å²) in [5.41, 5.74) is 1.02. The van der Waals surface area contributed by atoms with Crippen LogP contribution in [-0.4, -0.2) is 85.0 Å². The van der Waals surface area contributed by atoms with Gasteiger partial charge in [-0.15, -0.1) is 0 Å². The second kappa shape index (κ2) is 11.5. The topological polar surface area (TPSA) is 113 Å². The van der Waals surface area contributed by atoms with Crippen molar-refractivity contribution in [3.8, 4) is 5.75 Å². The first-order valence-electron chi connectivity index (χ1n) is 11.5. The van der Waals surface area contributed by atoms with Gasteiger partial charge in [-0.1, -0.05) is 12.1 Å². The molecule has 0 spiro atoms. The Kier molecular flexibility index (Phi) is 7.92. The highest BCUT2D eigenvalue weighted by Gasteiger charge is 2.24. The number of hydrogen-bond donors (Lipinski definition) is 2. The number of amides is 3. The van der Waals surface area contributed by atoms with Crippen molar-refractivity contribution in [2.24, 2.45) is 0 Å². The van der Waals surface area contributed by atoms with Gasteiger partial charge in [-0.3, -0.25) is 14.4 Å². The van der Waals surface area contributed by atoms with E-state index in [1.54, 1.807) is 23.2 Å². The standard InChI is InChI=1S/C24H29N5O5/c30-21(25-10-12-28-11-4-8-22(28)31)17-29-13-14-33-15-16-34-20-7-2-1-6-19(20)27-23-18(24(29)32)5-3-9-26-23/h1-3,5-7,9H,4,8,10-17H2,(H,25,30)(H,26,27). The molecule has 4 rings (SSSR count). The van der Waals surface area contributed by atoms with Gasteiger partial charge < -0.3 is 29.9 Å². The van der Waals surface area contributed by atoms with Gasteiger partial charge in [-0.2, -0.15) is 0 Å². The maximum atomic E-state index is 13.4. The van der Waals surface area contributed by atoms with E-state index in [0.29, 0.717) is 55.5 Å². The molecule has 2 aliphatic rings. The fraction of sp³-hybridized carbons (Fsp3) is 0.417. The third kappa shape index (κ3) is 6.02. The van der Waals surface area contributed by atoms with Crippen LogP contribution in [0.25, 0.3) is 0 Å². The Labute approximate surface area is 198 Å². The lowest BCUT2D eigenvalue weighted by atomic mass is 10.2. The van der Waals surface area contributed by atoms with Gasteiger partial charge in [-0.25, -0.2) is 4.98 Å². The first-order valence-corrected chi connectivity index (χ1v) is 11.5. The fourth-order valence-corrected chi connectivity index (χ4v) is 3.91. The number of pyridine rings is 1. The molecular formula is C24H29N5O5. The van der Waals surface area contributed by atoms with Crippen molar-refractivity contribution in [1.82, 2.24) is 20.1 Å². The summed E-state index contributed by atoms with van der Waals surface area (Å²) in [5.74, 6) is 0.490. The summed E-state index contributed by atoms with van der Waals surface area (Å²) in [6, 6.07) is 10.8. The Morgan fingerprint density at radius 3 is 2.79 bits per heavy atom. The molecule has 180 valence electrons. The minimum Gasteiger partial charge on any atom is -0.489 e. The number of fused-ring (bicyclic) bond motifs is 2. The number of carbonyl (C=O) groups excluding carboxylic acids is 3. The normalized spacial score (nSPS) is 16.8. The smallest absolute Gasteiger partial charge is 0.258 e. The third-order valence-corrected chi connectivity index (χ3v) is 5.67. The van der Waals surface area contributed by atoms with Crippen molar-refractivity contribution < 1.29 is 23.9 Å². The van der Waals surface area contributed by atoms with Crippen LogP contribution < -0.4 is 15.4 Å². The zero-order chi connectivity index (χ0) is 23.8. The Morgan fingerprint density at radius 2 is 1.94 bits per heavy atom. The molecule has 0 bridgehead atoms. The SMILES string of the molecule is O=C(CN1CCOCCOc2ccccc2Nc2ncccc2C1=O)NCCN1CCCC1=O. The van der Waals surface area contributed by atoms with Crippen molar-refractivity contribution in [2.75, 3.05) is 57.9 Å². The summed E-state index contributed by atoms with van der Waals surface area (Å²) < 4.78 is 11.5. The summed E-state index contributed by atoms with van der Waals surface area (Å²) in [5, 5.41) is 6.00.